The van der Waals surface area contributed by atoms with Crippen molar-refractivity contribution in [1.82, 2.24) is 15.2 Å². The molecule has 5 nitrogen and oxygen atoms in total. The van der Waals surface area contributed by atoms with Gasteiger partial charge in [0.05, 0.1) is 6.61 Å². The summed E-state index contributed by atoms with van der Waals surface area (Å²) in [5.41, 5.74) is 3.06. The number of carbonyl (C=O) groups is 1. The quantitative estimate of drug-likeness (QED) is 0.832. The minimum Gasteiger partial charge on any atom is -0.383 e. The van der Waals surface area contributed by atoms with Gasteiger partial charge in [-0.1, -0.05) is 12.1 Å². The highest BCUT2D eigenvalue weighted by molar-refractivity contribution is 5.94. The van der Waals surface area contributed by atoms with Gasteiger partial charge in [0.25, 0.3) is 5.91 Å². The number of benzene rings is 1. The summed E-state index contributed by atoms with van der Waals surface area (Å²) >= 11 is 0. The number of carbonyl (C=O) groups excluding carboxylic acids is 1. The third kappa shape index (κ3) is 4.90. The van der Waals surface area contributed by atoms with Crippen LogP contribution in [0.1, 0.15) is 40.2 Å². The smallest absolute Gasteiger partial charge is 0.254 e. The molecule has 2 heterocycles. The normalized spacial score (nSPS) is 17.0. The summed E-state index contributed by atoms with van der Waals surface area (Å²) in [6, 6.07) is 12.0. The zero-order valence-electron chi connectivity index (χ0n) is 15.4. The Bertz CT molecular complexity index is 699. The number of amides is 1. The molecule has 1 atom stereocenters. The first-order valence-corrected chi connectivity index (χ1v) is 9.25. The van der Waals surface area contributed by atoms with Gasteiger partial charge in [0.2, 0.25) is 0 Å². The Morgan fingerprint density at radius 1 is 1.31 bits per heavy atom. The first kappa shape index (κ1) is 18.5. The maximum atomic E-state index is 13.1. The highest BCUT2D eigenvalue weighted by Gasteiger charge is 2.19. The summed E-state index contributed by atoms with van der Waals surface area (Å²) in [5.74, 6) is 0.536. The van der Waals surface area contributed by atoms with Crippen LogP contribution in [0.25, 0.3) is 0 Å². The Kier molecular flexibility index (Phi) is 6.75. The van der Waals surface area contributed by atoms with Crippen LogP contribution in [-0.2, 0) is 11.3 Å². The molecule has 1 saturated heterocycles. The number of hydrogen-bond acceptors (Lipinski definition) is 4. The number of methoxy groups -OCH3 is 1. The fourth-order valence-corrected chi connectivity index (χ4v) is 3.41. The topological polar surface area (TPSA) is 54.5 Å². The van der Waals surface area contributed by atoms with Crippen molar-refractivity contribution in [2.24, 2.45) is 0 Å². The van der Waals surface area contributed by atoms with Gasteiger partial charge in [-0.25, -0.2) is 0 Å². The Hall–Kier alpha value is -2.24. The number of hydrogen-bond donors (Lipinski definition) is 1. The number of nitrogens with zero attached hydrogens (tertiary/aromatic N) is 2. The molecule has 1 amide bonds. The van der Waals surface area contributed by atoms with Crippen LogP contribution in [-0.4, -0.2) is 49.1 Å². The molecule has 1 N–H and O–H groups in total. The summed E-state index contributed by atoms with van der Waals surface area (Å²) in [6.07, 6.45) is 5.87. The molecule has 0 unspecified atom stereocenters. The van der Waals surface area contributed by atoms with Crippen LogP contribution in [0, 0.1) is 0 Å². The van der Waals surface area contributed by atoms with E-state index in [0.717, 1.165) is 24.2 Å². The molecule has 3 rings (SSSR count). The summed E-state index contributed by atoms with van der Waals surface area (Å²) in [4.78, 5) is 19.0. The lowest BCUT2D eigenvalue weighted by Crippen LogP contribution is -2.33. The lowest BCUT2D eigenvalue weighted by Gasteiger charge is -2.25. The van der Waals surface area contributed by atoms with Crippen molar-refractivity contribution in [3.8, 4) is 0 Å². The van der Waals surface area contributed by atoms with E-state index in [0.29, 0.717) is 25.6 Å². The van der Waals surface area contributed by atoms with Gasteiger partial charge in [0.1, 0.15) is 0 Å². The van der Waals surface area contributed by atoms with E-state index in [1.54, 1.807) is 19.5 Å². The second kappa shape index (κ2) is 9.46. The van der Waals surface area contributed by atoms with Crippen molar-refractivity contribution >= 4 is 5.91 Å². The van der Waals surface area contributed by atoms with E-state index in [1.165, 1.54) is 18.4 Å². The Morgan fingerprint density at radius 3 is 2.88 bits per heavy atom. The van der Waals surface area contributed by atoms with Crippen LogP contribution >= 0.6 is 0 Å². The van der Waals surface area contributed by atoms with E-state index in [1.807, 2.05) is 29.2 Å². The highest BCUT2D eigenvalue weighted by Crippen LogP contribution is 2.24. The minimum absolute atomic E-state index is 0.0458. The third-order valence-electron chi connectivity index (χ3n) is 4.88. The highest BCUT2D eigenvalue weighted by atomic mass is 16.5. The van der Waals surface area contributed by atoms with Crippen LogP contribution in [0.2, 0.25) is 0 Å². The summed E-state index contributed by atoms with van der Waals surface area (Å²) in [7, 11) is 1.66. The Labute approximate surface area is 155 Å². The van der Waals surface area contributed by atoms with Gasteiger partial charge in [-0.3, -0.25) is 9.78 Å². The molecule has 5 heteroatoms. The van der Waals surface area contributed by atoms with Gasteiger partial charge >= 0.3 is 0 Å². The number of piperidine rings is 1. The van der Waals surface area contributed by atoms with E-state index >= 15 is 0 Å². The van der Waals surface area contributed by atoms with E-state index in [-0.39, 0.29) is 5.91 Å². The molecule has 1 fully saturated rings. The summed E-state index contributed by atoms with van der Waals surface area (Å²) in [5, 5.41) is 3.45. The van der Waals surface area contributed by atoms with Gasteiger partial charge in [0, 0.05) is 44.7 Å². The largest absolute Gasteiger partial charge is 0.383 e. The SMILES string of the molecule is COCCN(Cc1ccncc1)C(=O)c1cccc([C@@H]2CCCNC2)c1. The van der Waals surface area contributed by atoms with Crippen molar-refractivity contribution < 1.29 is 9.53 Å². The molecule has 0 spiro atoms. The monoisotopic (exact) mass is 353 g/mol. The standard InChI is InChI=1S/C21H27N3O2/c1-26-13-12-24(16-17-7-10-22-11-8-17)21(25)19-5-2-4-18(14-19)20-6-3-9-23-15-20/h2,4-5,7-8,10-11,14,20,23H,3,6,9,12-13,15-16H2,1H3/t20-/m1/s1. The van der Waals surface area contributed by atoms with Crippen molar-refractivity contribution in [3.63, 3.8) is 0 Å². The average molecular weight is 353 g/mol. The van der Waals surface area contributed by atoms with Crippen LogP contribution in [0.15, 0.2) is 48.8 Å². The van der Waals surface area contributed by atoms with Gasteiger partial charge in [-0.15, -0.1) is 0 Å². The molecule has 0 saturated carbocycles. The zero-order valence-corrected chi connectivity index (χ0v) is 15.4. The predicted molar refractivity (Wildman–Crippen MR) is 102 cm³/mol. The van der Waals surface area contributed by atoms with Crippen molar-refractivity contribution in [1.29, 1.82) is 0 Å². The molecular weight excluding hydrogens is 326 g/mol. The zero-order chi connectivity index (χ0) is 18.2. The molecule has 1 aliphatic rings. The number of rotatable bonds is 7. The molecule has 2 aromatic rings. The molecule has 0 bridgehead atoms. The van der Waals surface area contributed by atoms with Crippen molar-refractivity contribution in [2.75, 3.05) is 33.4 Å². The molecule has 1 aliphatic heterocycles. The predicted octanol–water partition coefficient (Wildman–Crippen LogP) is 2.84. The molecule has 1 aromatic carbocycles. The van der Waals surface area contributed by atoms with Gasteiger partial charge in [0.15, 0.2) is 0 Å². The Balaban J connectivity index is 1.77. The van der Waals surface area contributed by atoms with Crippen LogP contribution < -0.4 is 5.32 Å². The number of ether oxygens (including phenoxy) is 1. The molecule has 138 valence electrons. The summed E-state index contributed by atoms with van der Waals surface area (Å²) in [6.45, 7) is 3.71. The van der Waals surface area contributed by atoms with Crippen LogP contribution in [0.5, 0.6) is 0 Å². The van der Waals surface area contributed by atoms with Crippen LogP contribution in [0.3, 0.4) is 0 Å². The third-order valence-corrected chi connectivity index (χ3v) is 4.88. The van der Waals surface area contributed by atoms with Crippen molar-refractivity contribution in [3.05, 3.63) is 65.5 Å². The molecule has 1 aromatic heterocycles. The first-order valence-electron chi connectivity index (χ1n) is 9.25. The molecule has 0 radical (unpaired) electrons. The van der Waals surface area contributed by atoms with E-state index in [2.05, 4.69) is 22.4 Å². The van der Waals surface area contributed by atoms with Gasteiger partial charge in [-0.2, -0.15) is 0 Å². The maximum absolute atomic E-state index is 13.1. The number of pyridine rings is 1. The van der Waals surface area contributed by atoms with Gasteiger partial charge in [-0.05, 0) is 60.7 Å². The summed E-state index contributed by atoms with van der Waals surface area (Å²) < 4.78 is 5.20. The van der Waals surface area contributed by atoms with E-state index in [9.17, 15) is 4.79 Å². The fraction of sp³-hybridized carbons (Fsp3) is 0.429. The lowest BCUT2D eigenvalue weighted by molar-refractivity contribution is 0.0680. The molecular formula is C21H27N3O2. The average Bonchev–Trinajstić information content (AvgIpc) is 2.72. The van der Waals surface area contributed by atoms with E-state index in [4.69, 9.17) is 4.74 Å². The second-order valence-electron chi connectivity index (χ2n) is 6.74. The number of aromatic nitrogens is 1. The fourth-order valence-electron chi connectivity index (χ4n) is 3.41. The van der Waals surface area contributed by atoms with E-state index < -0.39 is 0 Å². The molecule has 26 heavy (non-hydrogen) atoms. The number of nitrogens with one attached hydrogen (secondary N) is 1. The Morgan fingerprint density at radius 2 is 2.15 bits per heavy atom. The first-order chi connectivity index (χ1) is 12.8. The lowest BCUT2D eigenvalue weighted by atomic mass is 9.90. The molecule has 0 aliphatic carbocycles. The second-order valence-corrected chi connectivity index (χ2v) is 6.74. The van der Waals surface area contributed by atoms with Crippen molar-refractivity contribution in [2.45, 2.75) is 25.3 Å². The minimum atomic E-state index is 0.0458. The van der Waals surface area contributed by atoms with Crippen LogP contribution in [0.4, 0.5) is 0 Å². The van der Waals surface area contributed by atoms with Gasteiger partial charge < -0.3 is 15.0 Å². The maximum Gasteiger partial charge on any atom is 0.254 e.